The average molecular weight is 200 g/mol. The number of hydrogen-bond donors (Lipinski definition) is 0. The van der Waals surface area contributed by atoms with Crippen LogP contribution in [0.5, 0.6) is 0 Å². The second-order valence-electron chi connectivity index (χ2n) is 2.52. The third-order valence-electron chi connectivity index (χ3n) is 1.69. The quantitative estimate of drug-likeness (QED) is 0.436. The van der Waals surface area contributed by atoms with Crippen LogP contribution < -0.4 is 34.7 Å². The molecule has 0 saturated carbocycles. The van der Waals surface area contributed by atoms with Crippen molar-refractivity contribution in [3.05, 3.63) is 23.9 Å². The number of carboxylic acids is 1. The molecule has 0 saturated heterocycles. The van der Waals surface area contributed by atoms with Crippen molar-refractivity contribution >= 4 is 11.6 Å². The molecule has 2 rings (SSSR count). The number of carbonyl (C=O) groups excluding carboxylic acids is 1. The Bertz CT molecular complexity index is 481. The SMILES string of the molecule is Cc1nccn2c(C(=O)[O-])nnc12.[Na+]. The number of hydrogen-bond acceptors (Lipinski definition) is 5. The van der Waals surface area contributed by atoms with Crippen LogP contribution in [0.4, 0.5) is 0 Å². The van der Waals surface area contributed by atoms with Crippen LogP contribution in [0.3, 0.4) is 0 Å². The van der Waals surface area contributed by atoms with E-state index in [0.717, 1.165) is 0 Å². The predicted octanol–water partition coefficient (Wildman–Crippen LogP) is -4.20. The minimum atomic E-state index is -1.35. The van der Waals surface area contributed by atoms with Crippen LogP contribution in [0.15, 0.2) is 12.4 Å². The van der Waals surface area contributed by atoms with Gasteiger partial charge in [-0.25, -0.2) is 0 Å². The third-order valence-corrected chi connectivity index (χ3v) is 1.69. The van der Waals surface area contributed by atoms with Crippen LogP contribution in [0.2, 0.25) is 0 Å². The van der Waals surface area contributed by atoms with E-state index in [1.807, 2.05) is 0 Å². The zero-order valence-corrected chi connectivity index (χ0v) is 9.76. The van der Waals surface area contributed by atoms with E-state index < -0.39 is 5.97 Å². The molecule has 66 valence electrons. The van der Waals surface area contributed by atoms with E-state index in [-0.39, 0.29) is 35.4 Å². The summed E-state index contributed by atoms with van der Waals surface area (Å²) in [6.45, 7) is 1.73. The topological polar surface area (TPSA) is 83.2 Å². The predicted molar refractivity (Wildman–Crippen MR) is 39.8 cm³/mol. The maximum Gasteiger partial charge on any atom is 1.00 e. The molecule has 0 atom stereocenters. The Kier molecular flexibility index (Phi) is 3.20. The number of carbonyl (C=O) groups is 1. The van der Waals surface area contributed by atoms with Crippen molar-refractivity contribution in [3.8, 4) is 0 Å². The number of aromatic carboxylic acids is 1. The van der Waals surface area contributed by atoms with Crippen molar-refractivity contribution in [1.82, 2.24) is 19.6 Å². The van der Waals surface area contributed by atoms with E-state index in [9.17, 15) is 9.90 Å². The fourth-order valence-corrected chi connectivity index (χ4v) is 1.09. The van der Waals surface area contributed by atoms with Crippen LogP contribution in [0.25, 0.3) is 5.65 Å². The molecule has 0 aliphatic heterocycles. The van der Waals surface area contributed by atoms with E-state index in [1.165, 1.54) is 16.8 Å². The average Bonchev–Trinajstić information content (AvgIpc) is 2.48. The molecular weight excluding hydrogens is 195 g/mol. The Morgan fingerprint density at radius 2 is 2.21 bits per heavy atom. The first kappa shape index (κ1) is 11.1. The van der Waals surface area contributed by atoms with Gasteiger partial charge in [-0.2, -0.15) is 0 Å². The smallest absolute Gasteiger partial charge is 0.541 e. The maximum atomic E-state index is 10.5. The largest absolute Gasteiger partial charge is 1.00 e. The summed E-state index contributed by atoms with van der Waals surface area (Å²) in [6.07, 6.45) is 2.96. The summed E-state index contributed by atoms with van der Waals surface area (Å²) in [5, 5.41) is 17.7. The molecule has 0 fully saturated rings. The van der Waals surface area contributed by atoms with E-state index in [2.05, 4.69) is 15.2 Å². The molecule has 14 heavy (non-hydrogen) atoms. The van der Waals surface area contributed by atoms with Gasteiger partial charge in [0.1, 0.15) is 5.97 Å². The number of aromatic nitrogens is 4. The summed E-state index contributed by atoms with van der Waals surface area (Å²) in [6, 6.07) is 0. The Morgan fingerprint density at radius 1 is 1.50 bits per heavy atom. The molecule has 0 radical (unpaired) electrons. The van der Waals surface area contributed by atoms with Crippen LogP contribution in [0, 0.1) is 6.92 Å². The second-order valence-corrected chi connectivity index (χ2v) is 2.52. The van der Waals surface area contributed by atoms with Crippen LogP contribution in [0.1, 0.15) is 16.3 Å². The van der Waals surface area contributed by atoms with Crippen LogP contribution in [-0.4, -0.2) is 25.6 Å². The summed E-state index contributed by atoms with van der Waals surface area (Å²) in [7, 11) is 0. The number of rotatable bonds is 1. The first-order valence-corrected chi connectivity index (χ1v) is 3.58. The molecule has 0 amide bonds. The fourth-order valence-electron chi connectivity index (χ4n) is 1.09. The first-order valence-electron chi connectivity index (χ1n) is 3.58. The van der Waals surface area contributed by atoms with Crippen molar-refractivity contribution in [2.45, 2.75) is 6.92 Å². The van der Waals surface area contributed by atoms with Crippen LogP contribution >= 0.6 is 0 Å². The summed E-state index contributed by atoms with van der Waals surface area (Å²) >= 11 is 0. The maximum absolute atomic E-state index is 10.5. The molecule has 2 aromatic rings. The van der Waals surface area contributed by atoms with Gasteiger partial charge in [-0.3, -0.25) is 9.38 Å². The van der Waals surface area contributed by atoms with Crippen molar-refractivity contribution in [2.24, 2.45) is 0 Å². The molecule has 2 aromatic heterocycles. The normalized spacial score (nSPS) is 9.79. The summed E-state index contributed by atoms with van der Waals surface area (Å²) < 4.78 is 1.33. The minimum absolute atomic E-state index is 0. The minimum Gasteiger partial charge on any atom is -0.541 e. The third kappa shape index (κ3) is 1.63. The Hall–Kier alpha value is -0.980. The van der Waals surface area contributed by atoms with Gasteiger partial charge >= 0.3 is 29.6 Å². The van der Waals surface area contributed by atoms with Crippen LogP contribution in [-0.2, 0) is 0 Å². The van der Waals surface area contributed by atoms with E-state index >= 15 is 0 Å². The molecule has 0 unspecified atom stereocenters. The number of aryl methyl sites for hydroxylation is 1. The zero-order chi connectivity index (χ0) is 9.42. The van der Waals surface area contributed by atoms with Crippen molar-refractivity contribution < 1.29 is 39.5 Å². The van der Waals surface area contributed by atoms with Gasteiger partial charge in [0.05, 0.1) is 5.69 Å². The summed E-state index contributed by atoms with van der Waals surface area (Å²) in [5.41, 5.74) is 1.06. The van der Waals surface area contributed by atoms with Crippen molar-refractivity contribution in [2.75, 3.05) is 0 Å². The summed E-state index contributed by atoms with van der Waals surface area (Å²) in [4.78, 5) is 14.5. The van der Waals surface area contributed by atoms with Gasteiger partial charge in [0.2, 0.25) is 0 Å². The molecule has 7 heteroatoms. The fraction of sp³-hybridized carbons (Fsp3) is 0.143. The first-order chi connectivity index (χ1) is 6.20. The van der Waals surface area contributed by atoms with Crippen molar-refractivity contribution in [3.63, 3.8) is 0 Å². The Balaban J connectivity index is 0.000000980. The second kappa shape index (κ2) is 4.04. The summed E-state index contributed by atoms with van der Waals surface area (Å²) in [5.74, 6) is -1.56. The molecule has 0 aliphatic carbocycles. The number of fused-ring (bicyclic) bond motifs is 1. The van der Waals surface area contributed by atoms with Gasteiger partial charge in [-0.1, -0.05) is 0 Å². The van der Waals surface area contributed by atoms with Crippen molar-refractivity contribution in [1.29, 1.82) is 0 Å². The Labute approximate surface area is 101 Å². The monoisotopic (exact) mass is 200 g/mol. The van der Waals surface area contributed by atoms with Gasteiger partial charge in [0.15, 0.2) is 11.5 Å². The number of nitrogens with zero attached hydrogens (tertiary/aromatic N) is 4. The standard InChI is InChI=1S/C7H6N4O2.Na/c1-4-5-9-10-6(7(12)13)11(5)3-2-8-4;/h2-3H,1H3,(H,12,13);/q;+1/p-1. The molecular formula is C7H5N4NaO2. The molecule has 0 aromatic carbocycles. The van der Waals surface area contributed by atoms with Gasteiger partial charge < -0.3 is 9.90 Å². The van der Waals surface area contributed by atoms with Gasteiger partial charge in [0, 0.05) is 12.4 Å². The molecule has 6 nitrogen and oxygen atoms in total. The molecule has 0 N–H and O–H groups in total. The Morgan fingerprint density at radius 3 is 2.86 bits per heavy atom. The van der Waals surface area contributed by atoms with E-state index in [0.29, 0.717) is 11.3 Å². The molecule has 0 bridgehead atoms. The molecule has 0 spiro atoms. The van der Waals surface area contributed by atoms with Gasteiger partial charge in [-0.15, -0.1) is 10.2 Å². The van der Waals surface area contributed by atoms with Gasteiger partial charge in [0.25, 0.3) is 0 Å². The molecule has 2 heterocycles. The number of carboxylic acid groups (broad SMARTS) is 1. The molecule has 0 aliphatic rings. The van der Waals surface area contributed by atoms with E-state index in [1.54, 1.807) is 6.92 Å². The zero-order valence-electron chi connectivity index (χ0n) is 7.76. The van der Waals surface area contributed by atoms with Gasteiger partial charge in [-0.05, 0) is 6.92 Å². The van der Waals surface area contributed by atoms with E-state index in [4.69, 9.17) is 0 Å².